The Morgan fingerprint density at radius 2 is 1.78 bits per heavy atom. The molecule has 0 unspecified atom stereocenters. The van der Waals surface area contributed by atoms with Crippen molar-refractivity contribution < 1.29 is 13.2 Å². The minimum atomic E-state index is -3.56. The van der Waals surface area contributed by atoms with Crippen molar-refractivity contribution in [3.63, 3.8) is 0 Å². The van der Waals surface area contributed by atoms with Crippen molar-refractivity contribution in [3.8, 4) is 5.75 Å². The number of hydrogen-bond acceptors (Lipinski definition) is 4. The quantitative estimate of drug-likeness (QED) is 0.789. The second-order valence-corrected chi connectivity index (χ2v) is 8.88. The fourth-order valence-corrected chi connectivity index (χ4v) is 4.60. The number of hydrogen-bond donors (Lipinski definition) is 1. The van der Waals surface area contributed by atoms with Crippen molar-refractivity contribution in [2.45, 2.75) is 44.2 Å². The molecule has 1 heterocycles. The highest BCUT2D eigenvalue weighted by Crippen LogP contribution is 2.21. The Balaban J connectivity index is 1.65. The van der Waals surface area contributed by atoms with Crippen LogP contribution in [0, 0.1) is 6.92 Å². The Hall–Kier alpha value is -1.89. The molecule has 3 rings (SSSR count). The summed E-state index contributed by atoms with van der Waals surface area (Å²) in [5, 5.41) is 0. The number of aryl methyl sites for hydroxylation is 1. The van der Waals surface area contributed by atoms with Crippen molar-refractivity contribution in [2.24, 2.45) is 0 Å². The Morgan fingerprint density at radius 1 is 1.04 bits per heavy atom. The summed E-state index contributed by atoms with van der Waals surface area (Å²) in [6.45, 7) is 5.34. The van der Waals surface area contributed by atoms with Gasteiger partial charge in [-0.25, -0.2) is 13.1 Å². The molecule has 0 aromatic heterocycles. The van der Waals surface area contributed by atoms with E-state index in [9.17, 15) is 8.42 Å². The van der Waals surface area contributed by atoms with Crippen LogP contribution in [0.15, 0.2) is 47.4 Å². The number of ether oxygens (including phenoxy) is 1. The molecule has 1 saturated heterocycles. The lowest BCUT2D eigenvalue weighted by atomic mass is 10.1. The highest BCUT2D eigenvalue weighted by Gasteiger charge is 2.16. The highest BCUT2D eigenvalue weighted by atomic mass is 32.2. The second kappa shape index (κ2) is 8.87. The fourth-order valence-electron chi connectivity index (χ4n) is 3.49. The van der Waals surface area contributed by atoms with Crippen LogP contribution in [0.3, 0.4) is 0 Å². The van der Waals surface area contributed by atoms with Crippen LogP contribution in [-0.2, 0) is 23.1 Å². The summed E-state index contributed by atoms with van der Waals surface area (Å²) in [5.41, 5.74) is 3.00. The Labute approximate surface area is 162 Å². The fraction of sp³-hybridized carbons (Fsp3) is 0.429. The number of sulfonamides is 1. The molecule has 0 amide bonds. The zero-order valence-electron chi connectivity index (χ0n) is 16.1. The van der Waals surface area contributed by atoms with Crippen molar-refractivity contribution in [2.75, 3.05) is 20.2 Å². The first-order valence-corrected chi connectivity index (χ1v) is 10.9. The molecule has 0 saturated carbocycles. The summed E-state index contributed by atoms with van der Waals surface area (Å²) in [6.07, 6.45) is 3.85. The summed E-state index contributed by atoms with van der Waals surface area (Å²) in [4.78, 5) is 2.72. The van der Waals surface area contributed by atoms with E-state index in [1.54, 1.807) is 25.3 Å². The van der Waals surface area contributed by atoms with Crippen molar-refractivity contribution in [1.82, 2.24) is 9.62 Å². The van der Waals surface area contributed by atoms with E-state index in [0.717, 1.165) is 30.8 Å². The number of benzene rings is 2. The standard InChI is InChI=1S/C21H28N2O3S/c1-17-13-20(9-10-21(17)26-2)27(24,25)22-15-18-7-6-8-19(14-18)16-23-11-4-3-5-12-23/h6-10,13-14,22H,3-5,11-12,15-16H2,1-2H3. The molecule has 0 aliphatic carbocycles. The monoisotopic (exact) mass is 388 g/mol. The van der Waals surface area contributed by atoms with Crippen LogP contribution in [0.1, 0.15) is 36.0 Å². The summed E-state index contributed by atoms with van der Waals surface area (Å²) in [5.74, 6) is 0.680. The number of methoxy groups -OCH3 is 1. The van der Waals surface area contributed by atoms with Crippen LogP contribution in [0.4, 0.5) is 0 Å². The van der Waals surface area contributed by atoms with E-state index in [1.165, 1.54) is 24.8 Å². The van der Waals surface area contributed by atoms with E-state index in [-0.39, 0.29) is 11.4 Å². The molecule has 0 spiro atoms. The topological polar surface area (TPSA) is 58.6 Å². The largest absolute Gasteiger partial charge is 0.496 e. The first-order valence-electron chi connectivity index (χ1n) is 9.42. The minimum absolute atomic E-state index is 0.255. The van der Waals surface area contributed by atoms with Gasteiger partial charge in [-0.15, -0.1) is 0 Å². The predicted molar refractivity (Wildman–Crippen MR) is 107 cm³/mol. The SMILES string of the molecule is COc1ccc(S(=O)(=O)NCc2cccc(CN3CCCCC3)c2)cc1C. The molecule has 146 valence electrons. The van der Waals surface area contributed by atoms with Gasteiger partial charge in [-0.3, -0.25) is 4.90 Å². The third-order valence-corrected chi connectivity index (χ3v) is 6.39. The average Bonchev–Trinajstić information content (AvgIpc) is 2.67. The average molecular weight is 389 g/mol. The van der Waals surface area contributed by atoms with Crippen molar-refractivity contribution >= 4 is 10.0 Å². The lowest BCUT2D eigenvalue weighted by Gasteiger charge is -2.26. The van der Waals surface area contributed by atoms with Crippen LogP contribution in [0.2, 0.25) is 0 Å². The number of likely N-dealkylation sites (tertiary alicyclic amines) is 1. The normalized spacial score (nSPS) is 15.6. The maximum Gasteiger partial charge on any atom is 0.240 e. The van der Waals surface area contributed by atoms with Crippen molar-refractivity contribution in [1.29, 1.82) is 0 Å². The maximum absolute atomic E-state index is 12.6. The predicted octanol–water partition coefficient (Wildman–Crippen LogP) is 3.47. The van der Waals surface area contributed by atoms with Gasteiger partial charge in [-0.05, 0) is 67.7 Å². The molecule has 1 aliphatic rings. The zero-order chi connectivity index (χ0) is 19.3. The molecular formula is C21H28N2O3S. The smallest absolute Gasteiger partial charge is 0.240 e. The molecule has 6 heteroatoms. The van der Waals surface area contributed by atoms with Gasteiger partial charge in [0.2, 0.25) is 10.0 Å². The molecule has 0 radical (unpaired) electrons. The van der Waals surface area contributed by atoms with E-state index >= 15 is 0 Å². The third kappa shape index (κ3) is 5.31. The third-order valence-electron chi connectivity index (χ3n) is 4.99. The van der Waals surface area contributed by atoms with Gasteiger partial charge >= 0.3 is 0 Å². The summed E-state index contributed by atoms with van der Waals surface area (Å²) >= 11 is 0. The summed E-state index contributed by atoms with van der Waals surface area (Å²) in [7, 11) is -1.99. The van der Waals surface area contributed by atoms with Crippen LogP contribution < -0.4 is 9.46 Å². The van der Waals surface area contributed by atoms with E-state index in [0.29, 0.717) is 5.75 Å². The first-order chi connectivity index (χ1) is 13.0. The van der Waals surface area contributed by atoms with Crippen LogP contribution in [0.25, 0.3) is 0 Å². The van der Waals surface area contributed by atoms with E-state index in [2.05, 4.69) is 21.8 Å². The molecule has 1 fully saturated rings. The Kier molecular flexibility index (Phi) is 6.52. The second-order valence-electron chi connectivity index (χ2n) is 7.11. The van der Waals surface area contributed by atoms with Crippen LogP contribution in [0.5, 0.6) is 5.75 Å². The molecule has 27 heavy (non-hydrogen) atoms. The molecule has 2 aromatic carbocycles. The zero-order valence-corrected chi connectivity index (χ0v) is 16.9. The Bertz CT molecular complexity index is 875. The van der Waals surface area contributed by atoms with E-state index in [4.69, 9.17) is 4.74 Å². The number of nitrogens with one attached hydrogen (secondary N) is 1. The Morgan fingerprint density at radius 3 is 2.48 bits per heavy atom. The molecule has 0 atom stereocenters. The van der Waals surface area contributed by atoms with Gasteiger partial charge in [-0.2, -0.15) is 0 Å². The minimum Gasteiger partial charge on any atom is -0.496 e. The lowest BCUT2D eigenvalue weighted by Crippen LogP contribution is -2.29. The number of piperidine rings is 1. The van der Waals surface area contributed by atoms with Gasteiger partial charge in [0.1, 0.15) is 5.75 Å². The summed E-state index contributed by atoms with van der Waals surface area (Å²) < 4.78 is 33.1. The molecule has 1 aliphatic heterocycles. The van der Waals surface area contributed by atoms with Crippen LogP contribution >= 0.6 is 0 Å². The first kappa shape index (κ1) is 19.9. The van der Waals surface area contributed by atoms with Gasteiger partial charge in [-0.1, -0.05) is 30.7 Å². The summed E-state index contributed by atoms with van der Waals surface area (Å²) in [6, 6.07) is 13.1. The highest BCUT2D eigenvalue weighted by molar-refractivity contribution is 7.89. The molecule has 0 bridgehead atoms. The molecule has 1 N–H and O–H groups in total. The number of rotatable bonds is 7. The molecule has 2 aromatic rings. The van der Waals surface area contributed by atoms with Gasteiger partial charge in [0, 0.05) is 13.1 Å². The van der Waals surface area contributed by atoms with Gasteiger partial charge in [0.25, 0.3) is 0 Å². The van der Waals surface area contributed by atoms with Gasteiger partial charge in [0.05, 0.1) is 12.0 Å². The lowest BCUT2D eigenvalue weighted by molar-refractivity contribution is 0.221. The maximum atomic E-state index is 12.6. The van der Waals surface area contributed by atoms with E-state index in [1.807, 2.05) is 19.1 Å². The van der Waals surface area contributed by atoms with Gasteiger partial charge < -0.3 is 4.74 Å². The van der Waals surface area contributed by atoms with Gasteiger partial charge in [0.15, 0.2) is 0 Å². The van der Waals surface area contributed by atoms with Crippen LogP contribution in [-0.4, -0.2) is 33.5 Å². The molecular weight excluding hydrogens is 360 g/mol. The van der Waals surface area contributed by atoms with E-state index < -0.39 is 10.0 Å². The van der Waals surface area contributed by atoms with Crippen molar-refractivity contribution in [3.05, 3.63) is 59.2 Å². The number of nitrogens with zero attached hydrogens (tertiary/aromatic N) is 1. The molecule has 5 nitrogen and oxygen atoms in total.